The van der Waals surface area contributed by atoms with Crippen LogP contribution in [0.3, 0.4) is 0 Å². The van der Waals surface area contributed by atoms with E-state index in [4.69, 9.17) is 9.52 Å². The van der Waals surface area contributed by atoms with Gasteiger partial charge >= 0.3 is 5.97 Å². The summed E-state index contributed by atoms with van der Waals surface area (Å²) in [7, 11) is 0. The van der Waals surface area contributed by atoms with Gasteiger partial charge in [0, 0.05) is 16.5 Å². The van der Waals surface area contributed by atoms with Crippen LogP contribution in [0.4, 0.5) is 0 Å². The van der Waals surface area contributed by atoms with Gasteiger partial charge in [0.15, 0.2) is 0 Å². The Morgan fingerprint density at radius 3 is 2.75 bits per heavy atom. The van der Waals surface area contributed by atoms with Crippen LogP contribution in [0.1, 0.15) is 43.0 Å². The van der Waals surface area contributed by atoms with E-state index in [-0.39, 0.29) is 11.1 Å². The number of rotatable bonds is 4. The van der Waals surface area contributed by atoms with Crippen molar-refractivity contribution >= 4 is 17.7 Å². The van der Waals surface area contributed by atoms with Gasteiger partial charge in [-0.2, -0.15) is 0 Å². The fraction of sp³-hybridized carbons (Fsp3) is 0.385. The Morgan fingerprint density at radius 1 is 1.40 bits per heavy atom. The molecule has 0 fully saturated rings. The lowest BCUT2D eigenvalue weighted by atomic mass is 9.97. The van der Waals surface area contributed by atoms with E-state index in [0.29, 0.717) is 17.5 Å². The maximum atomic E-state index is 10.8. The lowest BCUT2D eigenvalue weighted by Crippen LogP contribution is -2.11. The minimum absolute atomic E-state index is 0.0240. The van der Waals surface area contributed by atoms with Crippen LogP contribution in [-0.2, 0) is 11.2 Å². The fourth-order valence-electron chi connectivity index (χ4n) is 1.38. The van der Waals surface area contributed by atoms with E-state index in [9.17, 15) is 4.79 Å². The lowest BCUT2D eigenvalue weighted by Gasteiger charge is -2.10. The van der Waals surface area contributed by atoms with Gasteiger partial charge < -0.3 is 9.52 Å². The number of pyridine rings is 1. The molecule has 0 amide bonds. The minimum atomic E-state index is -1.04. The Bertz CT molecular complexity index is 619. The Hall–Kier alpha value is -1.89. The fourth-order valence-corrected chi connectivity index (χ4v) is 2.14. The zero-order chi connectivity index (χ0) is 14.8. The van der Waals surface area contributed by atoms with Gasteiger partial charge in [0.25, 0.3) is 0 Å². The minimum Gasteiger partial charge on any atom is -0.477 e. The number of hydrogen-bond acceptors (Lipinski definition) is 6. The van der Waals surface area contributed by atoms with Crippen molar-refractivity contribution in [1.82, 2.24) is 15.2 Å². The molecule has 0 bridgehead atoms. The maximum Gasteiger partial charge on any atom is 0.354 e. The van der Waals surface area contributed by atoms with Gasteiger partial charge in [0.1, 0.15) is 5.69 Å². The van der Waals surface area contributed by atoms with Gasteiger partial charge in [-0.1, -0.05) is 20.8 Å². The van der Waals surface area contributed by atoms with Gasteiger partial charge in [-0.25, -0.2) is 9.78 Å². The number of thioether (sulfide) groups is 1. The summed E-state index contributed by atoms with van der Waals surface area (Å²) in [4.78, 5) is 15.4. The van der Waals surface area contributed by atoms with Crippen LogP contribution < -0.4 is 0 Å². The Labute approximate surface area is 120 Å². The van der Waals surface area contributed by atoms with Crippen molar-refractivity contribution in [2.75, 3.05) is 0 Å². The second-order valence-corrected chi connectivity index (χ2v) is 6.27. The summed E-state index contributed by atoms with van der Waals surface area (Å²) in [6.45, 7) is 6.00. The quantitative estimate of drug-likeness (QED) is 0.867. The third-order valence-corrected chi connectivity index (χ3v) is 3.40. The highest BCUT2D eigenvalue weighted by molar-refractivity contribution is 7.98. The molecule has 0 aromatic carbocycles. The molecular formula is C13H15N3O3S. The van der Waals surface area contributed by atoms with Crippen molar-refractivity contribution in [3.05, 3.63) is 35.8 Å². The molecule has 2 aromatic heterocycles. The first-order valence-corrected chi connectivity index (χ1v) is 7.00. The molecule has 20 heavy (non-hydrogen) atoms. The first kappa shape index (κ1) is 14.5. The summed E-state index contributed by atoms with van der Waals surface area (Å²) in [6, 6.07) is 3.27. The lowest BCUT2D eigenvalue weighted by molar-refractivity contribution is 0.0690. The molecule has 2 aromatic rings. The van der Waals surface area contributed by atoms with Crippen LogP contribution in [-0.4, -0.2) is 26.3 Å². The molecule has 106 valence electrons. The van der Waals surface area contributed by atoms with Crippen molar-refractivity contribution < 1.29 is 14.3 Å². The molecule has 0 aliphatic rings. The van der Waals surface area contributed by atoms with Crippen molar-refractivity contribution in [2.45, 2.75) is 36.8 Å². The molecule has 0 aliphatic carbocycles. The van der Waals surface area contributed by atoms with E-state index < -0.39 is 5.97 Å². The van der Waals surface area contributed by atoms with Gasteiger partial charge in [0.05, 0.1) is 5.75 Å². The average molecular weight is 293 g/mol. The molecule has 0 radical (unpaired) electrons. The molecule has 0 unspecified atom stereocenters. The third-order valence-electron chi connectivity index (χ3n) is 2.42. The second kappa shape index (κ2) is 5.62. The van der Waals surface area contributed by atoms with E-state index >= 15 is 0 Å². The van der Waals surface area contributed by atoms with Crippen LogP contribution in [0.25, 0.3) is 0 Å². The molecule has 0 saturated carbocycles. The maximum absolute atomic E-state index is 10.8. The monoisotopic (exact) mass is 293 g/mol. The van der Waals surface area contributed by atoms with E-state index in [1.165, 1.54) is 24.0 Å². The molecule has 6 nitrogen and oxygen atoms in total. The Morgan fingerprint density at radius 2 is 2.15 bits per heavy atom. The summed E-state index contributed by atoms with van der Waals surface area (Å²) < 4.78 is 5.57. The van der Waals surface area contributed by atoms with Gasteiger partial charge in [-0.15, -0.1) is 22.0 Å². The molecule has 0 atom stereocenters. The van der Waals surface area contributed by atoms with Crippen LogP contribution in [0.5, 0.6) is 0 Å². The van der Waals surface area contributed by atoms with Crippen LogP contribution in [0, 0.1) is 0 Å². The topological polar surface area (TPSA) is 89.1 Å². The van der Waals surface area contributed by atoms with Crippen LogP contribution >= 0.6 is 11.8 Å². The number of carbonyl (C=O) groups is 1. The van der Waals surface area contributed by atoms with Crippen LogP contribution in [0.2, 0.25) is 0 Å². The second-order valence-electron chi connectivity index (χ2n) is 5.22. The first-order chi connectivity index (χ1) is 9.36. The molecule has 1 N–H and O–H groups in total. The van der Waals surface area contributed by atoms with Gasteiger partial charge in [0.2, 0.25) is 11.8 Å². The number of aromatic nitrogens is 3. The summed E-state index contributed by atoms with van der Waals surface area (Å²) in [5.74, 6) is 0.564. The molecule has 2 heterocycles. The number of nitrogens with zero attached hydrogens (tertiary/aromatic N) is 3. The number of carboxylic acid groups (broad SMARTS) is 1. The van der Waals surface area contributed by atoms with Crippen molar-refractivity contribution in [3.63, 3.8) is 0 Å². The largest absolute Gasteiger partial charge is 0.477 e. The molecule has 7 heteroatoms. The SMILES string of the molecule is CC(C)(C)c1nnc(CSc2ccnc(C(=O)O)c2)o1. The molecule has 0 spiro atoms. The summed E-state index contributed by atoms with van der Waals surface area (Å²) in [6.07, 6.45) is 1.47. The average Bonchev–Trinajstić information content (AvgIpc) is 2.85. The van der Waals surface area contributed by atoms with Gasteiger partial charge in [-0.05, 0) is 12.1 Å². The summed E-state index contributed by atoms with van der Waals surface area (Å²) >= 11 is 1.43. The summed E-state index contributed by atoms with van der Waals surface area (Å²) in [5.41, 5.74) is -0.154. The van der Waals surface area contributed by atoms with Crippen LogP contribution in [0.15, 0.2) is 27.6 Å². The number of hydrogen-bond donors (Lipinski definition) is 1. The summed E-state index contributed by atoms with van der Waals surface area (Å²) in [5, 5.41) is 16.9. The van der Waals surface area contributed by atoms with E-state index in [2.05, 4.69) is 15.2 Å². The molecular weight excluding hydrogens is 278 g/mol. The van der Waals surface area contributed by atoms with E-state index in [1.54, 1.807) is 6.07 Å². The zero-order valence-electron chi connectivity index (χ0n) is 11.5. The highest BCUT2D eigenvalue weighted by atomic mass is 32.2. The number of aromatic carboxylic acids is 1. The molecule has 2 rings (SSSR count). The Balaban J connectivity index is 2.04. The highest BCUT2D eigenvalue weighted by Gasteiger charge is 2.21. The Kier molecular flexibility index (Phi) is 4.08. The van der Waals surface area contributed by atoms with Crippen molar-refractivity contribution in [1.29, 1.82) is 0 Å². The number of carboxylic acids is 1. The molecule has 0 saturated heterocycles. The predicted octanol–water partition coefficient (Wildman–Crippen LogP) is 2.75. The highest BCUT2D eigenvalue weighted by Crippen LogP contribution is 2.25. The standard InChI is InChI=1S/C13H15N3O3S/c1-13(2,3)12-16-15-10(19-12)7-20-8-4-5-14-9(6-8)11(17)18/h4-6H,7H2,1-3H3,(H,17,18). The van der Waals surface area contributed by atoms with Crippen molar-refractivity contribution in [3.8, 4) is 0 Å². The van der Waals surface area contributed by atoms with E-state index in [0.717, 1.165) is 4.90 Å². The zero-order valence-corrected chi connectivity index (χ0v) is 12.3. The van der Waals surface area contributed by atoms with Crippen molar-refractivity contribution in [2.24, 2.45) is 0 Å². The van der Waals surface area contributed by atoms with Gasteiger partial charge in [-0.3, -0.25) is 0 Å². The smallest absolute Gasteiger partial charge is 0.354 e. The molecule has 0 aliphatic heterocycles. The normalized spacial score (nSPS) is 11.6. The van der Waals surface area contributed by atoms with E-state index in [1.807, 2.05) is 20.8 Å². The third kappa shape index (κ3) is 3.57. The predicted molar refractivity (Wildman–Crippen MR) is 73.8 cm³/mol. The first-order valence-electron chi connectivity index (χ1n) is 6.01.